The van der Waals surface area contributed by atoms with Gasteiger partial charge in [0.25, 0.3) is 0 Å². The molecular formula is C10H19NO3. The molecule has 4 heteroatoms. The number of ether oxygens (including phenoxy) is 1. The van der Waals surface area contributed by atoms with E-state index in [-0.39, 0.29) is 18.5 Å². The quantitative estimate of drug-likeness (QED) is 0.663. The Hall–Kier alpha value is -0.610. The third-order valence-electron chi connectivity index (χ3n) is 2.67. The van der Waals surface area contributed by atoms with Gasteiger partial charge in [0.1, 0.15) is 0 Å². The third kappa shape index (κ3) is 3.27. The molecule has 1 aliphatic heterocycles. The third-order valence-corrected chi connectivity index (χ3v) is 2.67. The fourth-order valence-electron chi connectivity index (χ4n) is 1.91. The zero-order chi connectivity index (χ0) is 10.4. The van der Waals surface area contributed by atoms with Crippen molar-refractivity contribution in [3.63, 3.8) is 0 Å². The predicted octanol–water partition coefficient (Wildman–Crippen LogP) is 0.254. The lowest BCUT2D eigenvalue weighted by Crippen LogP contribution is -2.39. The van der Waals surface area contributed by atoms with Gasteiger partial charge in [-0.25, -0.2) is 0 Å². The number of esters is 1. The highest BCUT2D eigenvalue weighted by Crippen LogP contribution is 2.17. The first kappa shape index (κ1) is 11.5. The summed E-state index contributed by atoms with van der Waals surface area (Å²) in [4.78, 5) is 13.5. The zero-order valence-corrected chi connectivity index (χ0v) is 8.74. The SMILES string of the molecule is COC(=O)[C@H]1CCCN(CCCO)C1. The first-order valence-electron chi connectivity index (χ1n) is 5.19. The van der Waals surface area contributed by atoms with Gasteiger partial charge in [0.05, 0.1) is 13.0 Å². The second-order valence-corrected chi connectivity index (χ2v) is 3.74. The van der Waals surface area contributed by atoms with E-state index in [2.05, 4.69) is 4.90 Å². The minimum atomic E-state index is -0.0984. The molecule has 1 fully saturated rings. The molecule has 0 aromatic carbocycles. The number of carbonyl (C=O) groups is 1. The Bertz CT molecular complexity index is 184. The van der Waals surface area contributed by atoms with Crippen LogP contribution in [0.2, 0.25) is 0 Å². The van der Waals surface area contributed by atoms with Crippen molar-refractivity contribution >= 4 is 5.97 Å². The normalized spacial score (nSPS) is 23.4. The van der Waals surface area contributed by atoms with E-state index in [0.717, 1.165) is 38.9 Å². The molecule has 0 amide bonds. The van der Waals surface area contributed by atoms with Crippen molar-refractivity contribution in [1.82, 2.24) is 4.90 Å². The summed E-state index contributed by atoms with van der Waals surface area (Å²) in [5.74, 6) is -0.0638. The van der Waals surface area contributed by atoms with Gasteiger partial charge in [-0.05, 0) is 25.8 Å². The number of hydrogen-bond acceptors (Lipinski definition) is 4. The minimum Gasteiger partial charge on any atom is -0.469 e. The molecule has 0 unspecified atom stereocenters. The van der Waals surface area contributed by atoms with Gasteiger partial charge < -0.3 is 14.7 Å². The summed E-state index contributed by atoms with van der Waals surface area (Å²) >= 11 is 0. The van der Waals surface area contributed by atoms with E-state index < -0.39 is 0 Å². The number of hydrogen-bond donors (Lipinski definition) is 1. The summed E-state index contributed by atoms with van der Waals surface area (Å²) in [5, 5.41) is 8.70. The van der Waals surface area contributed by atoms with E-state index in [1.54, 1.807) is 0 Å². The first-order valence-corrected chi connectivity index (χ1v) is 5.19. The summed E-state index contributed by atoms with van der Waals surface area (Å²) in [6.45, 7) is 2.92. The van der Waals surface area contributed by atoms with Crippen LogP contribution in [0.4, 0.5) is 0 Å². The summed E-state index contributed by atoms with van der Waals surface area (Å²) < 4.78 is 4.73. The van der Waals surface area contributed by atoms with Crippen LogP contribution in [0.15, 0.2) is 0 Å². The lowest BCUT2D eigenvalue weighted by atomic mass is 9.98. The molecule has 1 saturated heterocycles. The molecule has 1 heterocycles. The molecule has 1 aliphatic rings. The van der Waals surface area contributed by atoms with Crippen LogP contribution < -0.4 is 0 Å². The number of likely N-dealkylation sites (tertiary alicyclic amines) is 1. The maximum Gasteiger partial charge on any atom is 0.309 e. The average molecular weight is 201 g/mol. The number of methoxy groups -OCH3 is 1. The number of aliphatic hydroxyl groups is 1. The van der Waals surface area contributed by atoms with Crippen LogP contribution in [0.5, 0.6) is 0 Å². The molecule has 4 nitrogen and oxygen atoms in total. The lowest BCUT2D eigenvalue weighted by Gasteiger charge is -2.30. The number of aliphatic hydroxyl groups excluding tert-OH is 1. The predicted molar refractivity (Wildman–Crippen MR) is 52.9 cm³/mol. The standard InChI is InChI=1S/C10H19NO3/c1-14-10(13)9-4-2-5-11(8-9)6-3-7-12/h9,12H,2-8H2,1H3/t9-/m0/s1. The monoisotopic (exact) mass is 201 g/mol. The maximum absolute atomic E-state index is 11.3. The van der Waals surface area contributed by atoms with E-state index in [9.17, 15) is 4.79 Å². The molecule has 0 aromatic rings. The van der Waals surface area contributed by atoms with Gasteiger partial charge in [-0.15, -0.1) is 0 Å². The topological polar surface area (TPSA) is 49.8 Å². The fourth-order valence-corrected chi connectivity index (χ4v) is 1.91. The van der Waals surface area contributed by atoms with Gasteiger partial charge in [-0.1, -0.05) is 0 Å². The number of rotatable bonds is 4. The van der Waals surface area contributed by atoms with Crippen molar-refractivity contribution < 1.29 is 14.6 Å². The summed E-state index contributed by atoms with van der Waals surface area (Å²) in [5.41, 5.74) is 0. The molecule has 0 aliphatic carbocycles. The fraction of sp³-hybridized carbons (Fsp3) is 0.900. The van der Waals surface area contributed by atoms with Crippen molar-refractivity contribution in [2.75, 3.05) is 33.4 Å². The second kappa shape index (κ2) is 5.98. The lowest BCUT2D eigenvalue weighted by molar-refractivity contribution is -0.147. The molecule has 14 heavy (non-hydrogen) atoms. The highest BCUT2D eigenvalue weighted by Gasteiger charge is 2.25. The van der Waals surface area contributed by atoms with E-state index >= 15 is 0 Å². The Kier molecular flexibility index (Phi) is 4.90. The van der Waals surface area contributed by atoms with Crippen LogP contribution in [0.3, 0.4) is 0 Å². The minimum absolute atomic E-state index is 0.0347. The van der Waals surface area contributed by atoms with Gasteiger partial charge >= 0.3 is 5.97 Å². The zero-order valence-electron chi connectivity index (χ0n) is 8.74. The van der Waals surface area contributed by atoms with Gasteiger partial charge in [-0.2, -0.15) is 0 Å². The number of piperidine rings is 1. The van der Waals surface area contributed by atoms with Crippen LogP contribution in [-0.2, 0) is 9.53 Å². The van der Waals surface area contributed by atoms with Gasteiger partial charge in [0, 0.05) is 19.7 Å². The van der Waals surface area contributed by atoms with Gasteiger partial charge in [0.15, 0.2) is 0 Å². The molecule has 1 rings (SSSR count). The Morgan fingerprint density at radius 3 is 3.07 bits per heavy atom. The highest BCUT2D eigenvalue weighted by atomic mass is 16.5. The number of nitrogens with zero attached hydrogens (tertiary/aromatic N) is 1. The Morgan fingerprint density at radius 1 is 1.64 bits per heavy atom. The van der Waals surface area contributed by atoms with Crippen molar-refractivity contribution in [2.24, 2.45) is 5.92 Å². The van der Waals surface area contributed by atoms with Crippen LogP contribution >= 0.6 is 0 Å². The Balaban J connectivity index is 2.31. The Morgan fingerprint density at radius 2 is 2.43 bits per heavy atom. The van der Waals surface area contributed by atoms with Crippen molar-refractivity contribution in [3.05, 3.63) is 0 Å². The summed E-state index contributed by atoms with van der Waals surface area (Å²) in [6.07, 6.45) is 2.77. The molecule has 1 N–H and O–H groups in total. The Labute approximate surface area is 84.8 Å². The smallest absolute Gasteiger partial charge is 0.309 e. The van der Waals surface area contributed by atoms with Crippen molar-refractivity contribution in [2.45, 2.75) is 19.3 Å². The molecule has 0 saturated carbocycles. The average Bonchev–Trinajstić information content (AvgIpc) is 2.25. The molecule has 0 aromatic heterocycles. The number of carbonyl (C=O) groups excluding carboxylic acids is 1. The van der Waals surface area contributed by atoms with E-state index in [1.807, 2.05) is 0 Å². The molecule has 0 spiro atoms. The van der Waals surface area contributed by atoms with Crippen LogP contribution in [0.25, 0.3) is 0 Å². The second-order valence-electron chi connectivity index (χ2n) is 3.74. The molecule has 1 atom stereocenters. The van der Waals surface area contributed by atoms with Crippen LogP contribution in [-0.4, -0.2) is 49.3 Å². The molecule has 0 bridgehead atoms. The molecular weight excluding hydrogens is 182 g/mol. The largest absolute Gasteiger partial charge is 0.469 e. The maximum atomic E-state index is 11.3. The van der Waals surface area contributed by atoms with E-state index in [1.165, 1.54) is 7.11 Å². The van der Waals surface area contributed by atoms with Crippen molar-refractivity contribution in [3.8, 4) is 0 Å². The summed E-state index contributed by atoms with van der Waals surface area (Å²) in [6, 6.07) is 0. The van der Waals surface area contributed by atoms with Gasteiger partial charge in [0.2, 0.25) is 0 Å². The molecule has 0 radical (unpaired) electrons. The van der Waals surface area contributed by atoms with Crippen molar-refractivity contribution in [1.29, 1.82) is 0 Å². The van der Waals surface area contributed by atoms with Crippen LogP contribution in [0, 0.1) is 5.92 Å². The van der Waals surface area contributed by atoms with Crippen LogP contribution in [0.1, 0.15) is 19.3 Å². The summed E-state index contributed by atoms with van der Waals surface area (Å²) in [7, 11) is 1.44. The highest BCUT2D eigenvalue weighted by molar-refractivity contribution is 5.72. The van der Waals surface area contributed by atoms with E-state index in [4.69, 9.17) is 9.84 Å². The van der Waals surface area contributed by atoms with Gasteiger partial charge in [-0.3, -0.25) is 4.79 Å². The first-order chi connectivity index (χ1) is 6.77. The molecule has 82 valence electrons. The van der Waals surface area contributed by atoms with E-state index in [0.29, 0.717) is 0 Å².